The summed E-state index contributed by atoms with van der Waals surface area (Å²) in [5.74, 6) is 1.38. The van der Waals surface area contributed by atoms with Crippen LogP contribution in [0.1, 0.15) is 89.7 Å². The lowest BCUT2D eigenvalue weighted by Gasteiger charge is -2.40. The van der Waals surface area contributed by atoms with E-state index in [4.69, 9.17) is 4.74 Å². The van der Waals surface area contributed by atoms with E-state index in [1.165, 1.54) is 63.4 Å². The molecule has 3 rings (SSSR count). The van der Waals surface area contributed by atoms with Crippen LogP contribution in [0.5, 0.6) is 0 Å². The lowest BCUT2D eigenvalue weighted by Crippen LogP contribution is -2.47. The van der Waals surface area contributed by atoms with E-state index in [1.807, 2.05) is 0 Å². The number of carbonyl (C=O) groups is 1. The summed E-state index contributed by atoms with van der Waals surface area (Å²) in [5, 5.41) is 0. The number of carbonyl (C=O) groups excluding carboxylic acids is 1. The van der Waals surface area contributed by atoms with Gasteiger partial charge in [-0.15, -0.1) is 12.4 Å². The molecule has 0 radical (unpaired) electrons. The number of rotatable bonds is 8. The molecule has 0 spiro atoms. The van der Waals surface area contributed by atoms with Crippen LogP contribution in [-0.2, 0) is 16.0 Å². The van der Waals surface area contributed by atoms with Gasteiger partial charge in [-0.3, -0.25) is 9.69 Å². The second kappa shape index (κ2) is 13.0. The van der Waals surface area contributed by atoms with Crippen molar-refractivity contribution < 1.29 is 9.53 Å². The van der Waals surface area contributed by atoms with Gasteiger partial charge in [-0.05, 0) is 79.5 Å². The van der Waals surface area contributed by atoms with Crippen LogP contribution in [0.25, 0.3) is 0 Å². The van der Waals surface area contributed by atoms with Gasteiger partial charge in [0.15, 0.2) is 0 Å². The summed E-state index contributed by atoms with van der Waals surface area (Å²) in [5.41, 5.74) is 4.65. The number of nitrogens with zero attached hydrogens (tertiary/aromatic N) is 2. The molecule has 1 saturated carbocycles. The monoisotopic (exact) mass is 478 g/mol. The van der Waals surface area contributed by atoms with Gasteiger partial charge in [0.25, 0.3) is 0 Å². The minimum absolute atomic E-state index is 0. The first-order valence-electron chi connectivity index (χ1n) is 13.0. The van der Waals surface area contributed by atoms with Crippen molar-refractivity contribution in [3.63, 3.8) is 0 Å². The van der Waals surface area contributed by atoms with Gasteiger partial charge < -0.3 is 9.64 Å². The molecule has 0 amide bonds. The van der Waals surface area contributed by atoms with Crippen molar-refractivity contribution in [2.24, 2.45) is 11.3 Å². The van der Waals surface area contributed by atoms with Crippen molar-refractivity contribution in [3.8, 4) is 0 Å². The molecule has 0 aromatic heterocycles. The second-order valence-corrected chi connectivity index (χ2v) is 11.1. The Kier molecular flexibility index (Phi) is 11.0. The number of anilines is 1. The van der Waals surface area contributed by atoms with E-state index in [1.54, 1.807) is 5.56 Å². The highest BCUT2D eigenvalue weighted by atomic mass is 35.5. The first-order valence-corrected chi connectivity index (χ1v) is 13.0. The van der Waals surface area contributed by atoms with Gasteiger partial charge in [0.2, 0.25) is 0 Å². The minimum atomic E-state index is -0.124. The summed E-state index contributed by atoms with van der Waals surface area (Å²) in [6.07, 6.45) is 9.05. The zero-order valence-corrected chi connectivity index (χ0v) is 22.5. The zero-order valence-electron chi connectivity index (χ0n) is 21.7. The molecule has 2 aliphatic rings. The van der Waals surface area contributed by atoms with Crippen LogP contribution in [0.4, 0.5) is 5.69 Å². The number of unbranched alkanes of at least 4 members (excludes halogenated alkanes) is 1. The molecular formula is C28H47ClN2O2. The highest BCUT2D eigenvalue weighted by Gasteiger charge is 2.32. The second-order valence-electron chi connectivity index (χ2n) is 11.1. The Morgan fingerprint density at radius 3 is 2.30 bits per heavy atom. The van der Waals surface area contributed by atoms with Gasteiger partial charge in [0.05, 0.1) is 7.11 Å². The molecule has 1 heterocycles. The number of methoxy groups -OCH3 is 1. The van der Waals surface area contributed by atoms with Gasteiger partial charge in [0.1, 0.15) is 0 Å². The number of piperazine rings is 1. The molecule has 1 aromatic rings. The van der Waals surface area contributed by atoms with Gasteiger partial charge in [-0.1, -0.05) is 46.2 Å². The maximum Gasteiger partial charge on any atom is 0.305 e. The summed E-state index contributed by atoms with van der Waals surface area (Å²) in [4.78, 5) is 16.9. The molecule has 2 fully saturated rings. The summed E-state index contributed by atoms with van der Waals surface area (Å²) in [6, 6.07) is 7.03. The van der Waals surface area contributed by atoms with Crippen LogP contribution in [-0.4, -0.2) is 50.7 Å². The molecule has 1 aliphatic carbocycles. The summed E-state index contributed by atoms with van der Waals surface area (Å²) >= 11 is 0. The zero-order chi connectivity index (χ0) is 23.1. The van der Waals surface area contributed by atoms with E-state index in [-0.39, 0.29) is 18.4 Å². The van der Waals surface area contributed by atoms with Crippen LogP contribution in [0, 0.1) is 11.3 Å². The number of hydrogen-bond acceptors (Lipinski definition) is 4. The molecule has 1 aliphatic heterocycles. The molecular weight excluding hydrogens is 432 g/mol. The largest absolute Gasteiger partial charge is 0.469 e. The molecule has 0 bridgehead atoms. The van der Waals surface area contributed by atoms with Gasteiger partial charge in [0, 0.05) is 38.3 Å². The third-order valence-corrected chi connectivity index (χ3v) is 7.87. The van der Waals surface area contributed by atoms with Crippen LogP contribution < -0.4 is 4.90 Å². The minimum Gasteiger partial charge on any atom is -0.469 e. The quantitative estimate of drug-likeness (QED) is 0.401. The van der Waals surface area contributed by atoms with E-state index in [2.05, 4.69) is 55.7 Å². The van der Waals surface area contributed by atoms with Gasteiger partial charge in [-0.2, -0.15) is 0 Å². The number of aryl methyl sites for hydroxylation is 1. The number of halogens is 1. The standard InChI is InChI=1S/C28H46N2O2.ClH/c1-6-7-16-29-17-19-30(20-18-29)26-21-22(9-15-27(31)32-5)8-14-25(26)23-10-12-24(13-11-23)28(2,3)4;/h8,14,21,23-24H,6-7,9-13,15-20H2,1-5H3;1H. The first kappa shape index (κ1) is 28.0. The molecule has 1 saturated heterocycles. The fourth-order valence-corrected chi connectivity index (χ4v) is 5.58. The fraction of sp³-hybridized carbons (Fsp3) is 0.750. The lowest BCUT2D eigenvalue weighted by molar-refractivity contribution is -0.140. The van der Waals surface area contributed by atoms with E-state index in [0.717, 1.165) is 38.5 Å². The Bertz CT molecular complexity index is 730. The fourth-order valence-electron chi connectivity index (χ4n) is 5.58. The smallest absolute Gasteiger partial charge is 0.305 e. The predicted molar refractivity (Wildman–Crippen MR) is 142 cm³/mol. The number of hydrogen-bond donors (Lipinski definition) is 0. The highest BCUT2D eigenvalue weighted by molar-refractivity contribution is 5.85. The van der Waals surface area contributed by atoms with Crippen molar-refractivity contribution in [2.75, 3.05) is 44.7 Å². The Hall–Kier alpha value is -1.26. The molecule has 1 aromatic carbocycles. The molecule has 0 atom stereocenters. The number of ether oxygens (including phenoxy) is 1. The molecule has 5 heteroatoms. The average molecular weight is 479 g/mol. The number of benzene rings is 1. The topological polar surface area (TPSA) is 32.8 Å². The normalized spacial score (nSPS) is 22.0. The summed E-state index contributed by atoms with van der Waals surface area (Å²) in [7, 11) is 1.48. The average Bonchev–Trinajstić information content (AvgIpc) is 2.81. The molecule has 0 unspecified atom stereocenters. The molecule has 33 heavy (non-hydrogen) atoms. The van der Waals surface area contributed by atoms with Gasteiger partial charge in [-0.25, -0.2) is 0 Å². The van der Waals surface area contributed by atoms with Crippen LogP contribution >= 0.6 is 12.4 Å². The van der Waals surface area contributed by atoms with E-state index in [0.29, 0.717) is 17.8 Å². The third-order valence-electron chi connectivity index (χ3n) is 7.87. The van der Waals surface area contributed by atoms with E-state index < -0.39 is 0 Å². The Balaban J connectivity index is 0.00000385. The van der Waals surface area contributed by atoms with Crippen molar-refractivity contribution in [3.05, 3.63) is 29.3 Å². The summed E-state index contributed by atoms with van der Waals surface area (Å²) in [6.45, 7) is 15.2. The first-order chi connectivity index (χ1) is 15.3. The van der Waals surface area contributed by atoms with Crippen LogP contribution in [0.2, 0.25) is 0 Å². The third kappa shape index (κ3) is 7.89. The maximum absolute atomic E-state index is 11.7. The van der Waals surface area contributed by atoms with Crippen molar-refractivity contribution in [2.45, 2.75) is 85.0 Å². The highest BCUT2D eigenvalue weighted by Crippen LogP contribution is 2.45. The van der Waals surface area contributed by atoms with E-state index >= 15 is 0 Å². The van der Waals surface area contributed by atoms with Crippen molar-refractivity contribution in [1.29, 1.82) is 0 Å². The van der Waals surface area contributed by atoms with Crippen LogP contribution in [0.3, 0.4) is 0 Å². The lowest BCUT2D eigenvalue weighted by atomic mass is 9.68. The summed E-state index contributed by atoms with van der Waals surface area (Å²) < 4.78 is 4.86. The molecule has 4 nitrogen and oxygen atoms in total. The Labute approximate surface area is 208 Å². The van der Waals surface area contributed by atoms with E-state index in [9.17, 15) is 4.79 Å². The Morgan fingerprint density at radius 1 is 1.06 bits per heavy atom. The molecule has 188 valence electrons. The van der Waals surface area contributed by atoms with Crippen LogP contribution in [0.15, 0.2) is 18.2 Å². The number of esters is 1. The maximum atomic E-state index is 11.7. The predicted octanol–water partition coefficient (Wildman–Crippen LogP) is 6.46. The Morgan fingerprint density at radius 2 is 1.73 bits per heavy atom. The SMILES string of the molecule is CCCCN1CCN(c2cc(CCC(=O)OC)ccc2C2CCC(C(C)(C)C)CC2)CC1.Cl. The molecule has 0 N–H and O–H groups in total. The van der Waals surface area contributed by atoms with Crippen molar-refractivity contribution >= 4 is 24.1 Å². The van der Waals surface area contributed by atoms with Crippen molar-refractivity contribution in [1.82, 2.24) is 4.90 Å². The van der Waals surface area contributed by atoms with Gasteiger partial charge >= 0.3 is 5.97 Å².